The topological polar surface area (TPSA) is 62.3 Å². The number of piperidine rings is 1. The summed E-state index contributed by atoms with van der Waals surface area (Å²) in [6.45, 7) is 7.50. The minimum absolute atomic E-state index is 0.190. The van der Waals surface area contributed by atoms with Gasteiger partial charge in [0.25, 0.3) is 0 Å². The summed E-state index contributed by atoms with van der Waals surface area (Å²) >= 11 is 7.51. The number of pyridine rings is 1. The third-order valence-electron chi connectivity index (χ3n) is 6.97. The number of anilines is 2. The highest BCUT2D eigenvalue weighted by molar-refractivity contribution is 7.95. The monoisotopic (exact) mass is 575 g/mol. The zero-order valence-corrected chi connectivity index (χ0v) is 23.0. The van der Waals surface area contributed by atoms with E-state index in [2.05, 4.69) is 41.0 Å². The molecule has 1 N–H and O–H groups in total. The SMILES string of the molecule is CC[C@H]1CN(c2ncc(NSOOC)cc2Cl)CCN1C1CCN(Cc2ccc(OC(F)(F)F)cc2)CC1. The summed E-state index contributed by atoms with van der Waals surface area (Å²) in [6, 6.07) is 8.90. The average molecular weight is 576 g/mol. The van der Waals surface area contributed by atoms with E-state index in [1.165, 1.54) is 19.2 Å². The van der Waals surface area contributed by atoms with Crippen LogP contribution in [0.5, 0.6) is 5.75 Å². The number of nitrogens with one attached hydrogen (secondary N) is 1. The Morgan fingerprint density at radius 1 is 1.13 bits per heavy atom. The fourth-order valence-corrected chi connectivity index (χ4v) is 5.78. The van der Waals surface area contributed by atoms with Gasteiger partial charge in [0.05, 0.1) is 24.0 Å². The standard InChI is InChI=1S/C25H33ClF3N5O3S/c1-3-20-17-33(24-23(26)14-19(15-30-24)31-38-37-35-2)12-13-34(20)21-8-10-32(11-9-21)16-18-4-6-22(7-5-18)36-25(27,28)29/h4-7,14-15,20-21,31H,3,8-13,16-17H2,1-2H3/t20-/m0/s1. The number of piperazine rings is 1. The van der Waals surface area contributed by atoms with Crippen LogP contribution in [0, 0.1) is 0 Å². The van der Waals surface area contributed by atoms with Crippen molar-refractivity contribution in [1.82, 2.24) is 14.8 Å². The molecule has 0 unspecified atom stereocenters. The number of aromatic nitrogens is 1. The minimum Gasteiger partial charge on any atom is -0.406 e. The van der Waals surface area contributed by atoms with E-state index >= 15 is 0 Å². The van der Waals surface area contributed by atoms with Crippen molar-refractivity contribution in [1.29, 1.82) is 0 Å². The lowest BCUT2D eigenvalue weighted by atomic mass is 9.98. The van der Waals surface area contributed by atoms with E-state index in [1.54, 1.807) is 18.3 Å². The van der Waals surface area contributed by atoms with Gasteiger partial charge in [-0.15, -0.1) is 17.5 Å². The Balaban J connectivity index is 1.27. The van der Waals surface area contributed by atoms with Crippen molar-refractivity contribution in [3.05, 3.63) is 47.1 Å². The van der Waals surface area contributed by atoms with E-state index in [1.807, 2.05) is 6.07 Å². The first kappa shape index (κ1) is 29.0. The van der Waals surface area contributed by atoms with Gasteiger partial charge in [-0.2, -0.15) is 0 Å². The van der Waals surface area contributed by atoms with Gasteiger partial charge in [-0.3, -0.25) is 9.80 Å². The summed E-state index contributed by atoms with van der Waals surface area (Å²) < 4.78 is 48.9. The lowest BCUT2D eigenvalue weighted by Crippen LogP contribution is -2.58. The van der Waals surface area contributed by atoms with E-state index in [0.29, 0.717) is 17.1 Å². The number of likely N-dealkylation sites (tertiary alicyclic amines) is 1. The number of rotatable bonds is 10. The summed E-state index contributed by atoms with van der Waals surface area (Å²) in [7, 11) is 1.43. The first-order chi connectivity index (χ1) is 18.3. The van der Waals surface area contributed by atoms with Gasteiger partial charge in [0.15, 0.2) is 0 Å². The predicted octanol–water partition coefficient (Wildman–Crippen LogP) is 5.75. The van der Waals surface area contributed by atoms with Gasteiger partial charge in [-0.05, 0) is 56.1 Å². The fourth-order valence-electron chi connectivity index (χ4n) is 5.19. The molecule has 0 bridgehead atoms. The summed E-state index contributed by atoms with van der Waals surface area (Å²) in [6.07, 6.45) is 0.215. The highest BCUT2D eigenvalue weighted by atomic mass is 35.5. The van der Waals surface area contributed by atoms with Crippen LogP contribution in [0.25, 0.3) is 0 Å². The van der Waals surface area contributed by atoms with Gasteiger partial charge in [-0.25, -0.2) is 9.87 Å². The molecule has 0 saturated carbocycles. The third-order valence-corrected chi connectivity index (χ3v) is 7.77. The molecular formula is C25H33ClF3N5O3S. The van der Waals surface area contributed by atoms with E-state index in [0.717, 1.165) is 87.8 Å². The van der Waals surface area contributed by atoms with E-state index in [9.17, 15) is 13.2 Å². The van der Waals surface area contributed by atoms with Crippen LogP contribution in [0.4, 0.5) is 24.7 Å². The van der Waals surface area contributed by atoms with Crippen molar-refractivity contribution in [2.45, 2.75) is 51.2 Å². The number of alkyl halides is 3. The van der Waals surface area contributed by atoms with Gasteiger partial charge in [0.2, 0.25) is 0 Å². The number of hydrogen-bond acceptors (Lipinski definition) is 9. The second kappa shape index (κ2) is 13.4. The number of benzene rings is 1. The maximum Gasteiger partial charge on any atom is 0.573 e. The summed E-state index contributed by atoms with van der Waals surface area (Å²) in [5.41, 5.74) is 1.71. The minimum atomic E-state index is -4.67. The van der Waals surface area contributed by atoms with Crippen molar-refractivity contribution < 1.29 is 27.1 Å². The molecule has 4 rings (SSSR count). The smallest absolute Gasteiger partial charge is 0.406 e. The molecule has 2 aliphatic rings. The molecule has 2 fully saturated rings. The highest BCUT2D eigenvalue weighted by Crippen LogP contribution is 2.31. The maximum atomic E-state index is 12.4. The molecule has 2 aromatic rings. The molecule has 1 aromatic heterocycles. The molecule has 8 nitrogen and oxygen atoms in total. The van der Waals surface area contributed by atoms with Crippen molar-refractivity contribution >= 4 is 35.3 Å². The molecular weight excluding hydrogens is 543 g/mol. The van der Waals surface area contributed by atoms with Crippen LogP contribution in [-0.4, -0.2) is 73.1 Å². The van der Waals surface area contributed by atoms with Crippen LogP contribution >= 0.6 is 23.8 Å². The van der Waals surface area contributed by atoms with Gasteiger partial charge in [0, 0.05) is 38.3 Å². The molecule has 0 aliphatic carbocycles. The van der Waals surface area contributed by atoms with E-state index in [4.69, 9.17) is 15.9 Å². The first-order valence-electron chi connectivity index (χ1n) is 12.6. The van der Waals surface area contributed by atoms with Gasteiger partial charge < -0.3 is 14.4 Å². The lowest BCUT2D eigenvalue weighted by molar-refractivity contribution is -0.274. The van der Waals surface area contributed by atoms with Crippen molar-refractivity contribution in [2.24, 2.45) is 0 Å². The van der Waals surface area contributed by atoms with Crippen molar-refractivity contribution in [3.63, 3.8) is 0 Å². The van der Waals surface area contributed by atoms with Crippen molar-refractivity contribution in [2.75, 3.05) is 49.5 Å². The van der Waals surface area contributed by atoms with E-state index in [-0.39, 0.29) is 5.75 Å². The Morgan fingerprint density at radius 3 is 2.50 bits per heavy atom. The van der Waals surface area contributed by atoms with Crippen LogP contribution in [0.1, 0.15) is 31.7 Å². The largest absolute Gasteiger partial charge is 0.573 e. The molecule has 210 valence electrons. The molecule has 0 radical (unpaired) electrons. The van der Waals surface area contributed by atoms with Crippen LogP contribution in [0.15, 0.2) is 36.5 Å². The molecule has 1 aromatic carbocycles. The molecule has 3 heterocycles. The van der Waals surface area contributed by atoms with Gasteiger partial charge >= 0.3 is 6.36 Å². The summed E-state index contributed by atoms with van der Waals surface area (Å²) in [4.78, 5) is 16.4. The number of ether oxygens (including phenoxy) is 1. The number of nitrogens with zero attached hydrogens (tertiary/aromatic N) is 4. The molecule has 13 heteroatoms. The second-order valence-electron chi connectivity index (χ2n) is 9.39. The van der Waals surface area contributed by atoms with Crippen molar-refractivity contribution in [3.8, 4) is 5.75 Å². The Morgan fingerprint density at radius 2 is 1.87 bits per heavy atom. The van der Waals surface area contributed by atoms with E-state index < -0.39 is 6.36 Å². The summed E-state index contributed by atoms with van der Waals surface area (Å²) in [5.74, 6) is 0.596. The molecule has 38 heavy (non-hydrogen) atoms. The van der Waals surface area contributed by atoms with Crippen LogP contribution in [0.3, 0.4) is 0 Å². The molecule has 0 amide bonds. The molecule has 2 aliphatic heterocycles. The lowest BCUT2D eigenvalue weighted by Gasteiger charge is -2.47. The molecule has 0 spiro atoms. The average Bonchev–Trinajstić information content (AvgIpc) is 2.89. The molecule has 2 saturated heterocycles. The number of hydrogen-bond donors (Lipinski definition) is 1. The normalized spacial score (nSPS) is 20.1. The Hall–Kier alpha value is -1.96. The quantitative estimate of drug-likeness (QED) is 0.125. The van der Waals surface area contributed by atoms with Crippen LogP contribution in [-0.2, 0) is 15.8 Å². The zero-order valence-electron chi connectivity index (χ0n) is 21.4. The fraction of sp³-hybridized carbons (Fsp3) is 0.560. The third kappa shape index (κ3) is 8.03. The molecule has 1 atom stereocenters. The highest BCUT2D eigenvalue weighted by Gasteiger charge is 2.34. The number of halogens is 4. The summed E-state index contributed by atoms with van der Waals surface area (Å²) in [5, 5.41) is 0.586. The van der Waals surface area contributed by atoms with Gasteiger partial charge in [0.1, 0.15) is 23.8 Å². The Labute approximate surface area is 230 Å². The maximum absolute atomic E-state index is 12.4. The zero-order chi connectivity index (χ0) is 27.1. The first-order valence-corrected chi connectivity index (χ1v) is 13.7. The van der Waals surface area contributed by atoms with Gasteiger partial charge in [-0.1, -0.05) is 30.7 Å². The Kier molecular flexibility index (Phi) is 10.2. The van der Waals surface area contributed by atoms with Crippen LogP contribution in [0.2, 0.25) is 5.02 Å². The predicted molar refractivity (Wildman–Crippen MR) is 143 cm³/mol. The van der Waals surface area contributed by atoms with Crippen LogP contribution < -0.4 is 14.4 Å². The second-order valence-corrected chi connectivity index (χ2v) is 10.3. The Bertz CT molecular complexity index is 1030.